The fourth-order valence-corrected chi connectivity index (χ4v) is 3.42. The normalized spacial score (nSPS) is 22.4. The third-order valence-electron chi connectivity index (χ3n) is 4.63. The minimum absolute atomic E-state index is 0.100. The van der Waals surface area contributed by atoms with Gasteiger partial charge in [0.25, 0.3) is 5.91 Å². The molecule has 2 heterocycles. The highest BCUT2D eigenvalue weighted by Gasteiger charge is 2.40. The molecule has 1 N–H and O–H groups in total. The molecule has 1 unspecified atom stereocenters. The fourth-order valence-electron chi connectivity index (χ4n) is 3.16. The molecule has 24 heavy (non-hydrogen) atoms. The van der Waals surface area contributed by atoms with Crippen LogP contribution in [0, 0.1) is 5.92 Å². The molecule has 0 saturated carbocycles. The van der Waals surface area contributed by atoms with Gasteiger partial charge in [-0.3, -0.25) is 9.69 Å². The third kappa shape index (κ3) is 3.35. The fraction of sp³-hybridized carbons (Fsp3) is 0.529. The van der Waals surface area contributed by atoms with Gasteiger partial charge in [-0.05, 0) is 18.1 Å². The lowest BCUT2D eigenvalue weighted by Crippen LogP contribution is -2.51. The zero-order valence-electron chi connectivity index (χ0n) is 14.0. The lowest BCUT2D eigenvalue weighted by molar-refractivity contribution is -0.129. The van der Waals surface area contributed by atoms with Crippen LogP contribution >= 0.6 is 11.6 Å². The first-order valence-corrected chi connectivity index (χ1v) is 8.69. The van der Waals surface area contributed by atoms with E-state index in [1.807, 2.05) is 38.1 Å². The SMILES string of the molecule is CC(C)C1NC(=O)N(CN2CCN(c3ccccc3Cl)CC2)C1=O. The number of rotatable bonds is 4. The molecule has 3 rings (SSSR count). The summed E-state index contributed by atoms with van der Waals surface area (Å²) in [6.07, 6.45) is 0. The molecule has 2 saturated heterocycles. The molecular weight excluding hydrogens is 328 g/mol. The summed E-state index contributed by atoms with van der Waals surface area (Å²) in [6.45, 7) is 7.44. The van der Waals surface area contributed by atoms with E-state index in [9.17, 15) is 9.59 Å². The van der Waals surface area contributed by atoms with Crippen molar-refractivity contribution in [3.63, 3.8) is 0 Å². The molecule has 1 atom stereocenters. The van der Waals surface area contributed by atoms with Gasteiger partial charge < -0.3 is 10.2 Å². The van der Waals surface area contributed by atoms with Crippen molar-refractivity contribution in [1.29, 1.82) is 0 Å². The van der Waals surface area contributed by atoms with E-state index in [1.54, 1.807) is 0 Å². The number of carbonyl (C=O) groups is 2. The van der Waals surface area contributed by atoms with Crippen LogP contribution in [0.15, 0.2) is 24.3 Å². The van der Waals surface area contributed by atoms with Gasteiger partial charge in [0.15, 0.2) is 0 Å². The number of amides is 3. The van der Waals surface area contributed by atoms with E-state index < -0.39 is 6.04 Å². The lowest BCUT2D eigenvalue weighted by Gasteiger charge is -2.37. The molecule has 2 fully saturated rings. The molecule has 0 aromatic heterocycles. The van der Waals surface area contributed by atoms with Gasteiger partial charge in [-0.1, -0.05) is 37.6 Å². The molecule has 130 valence electrons. The van der Waals surface area contributed by atoms with E-state index in [0.29, 0.717) is 6.67 Å². The van der Waals surface area contributed by atoms with Crippen LogP contribution in [0.5, 0.6) is 0 Å². The van der Waals surface area contributed by atoms with E-state index in [4.69, 9.17) is 11.6 Å². The Balaban J connectivity index is 1.57. The smallest absolute Gasteiger partial charge is 0.325 e. The Morgan fingerprint density at radius 1 is 1.17 bits per heavy atom. The predicted molar refractivity (Wildman–Crippen MR) is 94.1 cm³/mol. The van der Waals surface area contributed by atoms with Crippen molar-refractivity contribution in [2.45, 2.75) is 19.9 Å². The monoisotopic (exact) mass is 350 g/mol. The Hall–Kier alpha value is -1.79. The van der Waals surface area contributed by atoms with E-state index in [1.165, 1.54) is 4.90 Å². The maximum atomic E-state index is 12.3. The zero-order chi connectivity index (χ0) is 17.3. The van der Waals surface area contributed by atoms with Crippen molar-refractivity contribution in [1.82, 2.24) is 15.1 Å². The van der Waals surface area contributed by atoms with Gasteiger partial charge in [-0.2, -0.15) is 0 Å². The minimum atomic E-state index is -0.401. The van der Waals surface area contributed by atoms with Crippen molar-refractivity contribution < 1.29 is 9.59 Å². The minimum Gasteiger partial charge on any atom is -0.368 e. The van der Waals surface area contributed by atoms with Crippen LogP contribution in [0.25, 0.3) is 0 Å². The molecule has 2 aliphatic heterocycles. The molecular formula is C17H23ClN4O2. The van der Waals surface area contributed by atoms with Crippen molar-refractivity contribution >= 4 is 29.2 Å². The number of benzene rings is 1. The standard InChI is InChI=1S/C17H23ClN4O2/c1-12(2)15-16(23)22(17(24)19-15)11-20-7-9-21(10-8-20)14-6-4-3-5-13(14)18/h3-6,12,15H,7-11H2,1-2H3,(H,19,24). The van der Waals surface area contributed by atoms with Crippen LogP contribution < -0.4 is 10.2 Å². The highest BCUT2D eigenvalue weighted by atomic mass is 35.5. The maximum Gasteiger partial charge on any atom is 0.325 e. The molecule has 0 spiro atoms. The summed E-state index contributed by atoms with van der Waals surface area (Å²) in [7, 11) is 0. The number of carbonyl (C=O) groups excluding carboxylic acids is 2. The second kappa shape index (κ2) is 6.99. The Labute approximate surface area is 147 Å². The largest absolute Gasteiger partial charge is 0.368 e. The summed E-state index contributed by atoms with van der Waals surface area (Å²) in [5.74, 6) is -0.0212. The van der Waals surface area contributed by atoms with Gasteiger partial charge in [0.1, 0.15) is 6.04 Å². The molecule has 0 aliphatic carbocycles. The van der Waals surface area contributed by atoms with E-state index >= 15 is 0 Å². The topological polar surface area (TPSA) is 55.9 Å². The van der Waals surface area contributed by atoms with Crippen molar-refractivity contribution in [2.75, 3.05) is 37.7 Å². The van der Waals surface area contributed by atoms with E-state index in [2.05, 4.69) is 15.1 Å². The van der Waals surface area contributed by atoms with Crippen molar-refractivity contribution in [3.05, 3.63) is 29.3 Å². The van der Waals surface area contributed by atoms with Crippen LogP contribution in [-0.4, -0.2) is 60.6 Å². The van der Waals surface area contributed by atoms with E-state index in [-0.39, 0.29) is 17.9 Å². The Morgan fingerprint density at radius 2 is 1.83 bits per heavy atom. The highest BCUT2D eigenvalue weighted by Crippen LogP contribution is 2.26. The van der Waals surface area contributed by atoms with Crippen LogP contribution in [0.3, 0.4) is 0 Å². The Kier molecular flexibility index (Phi) is 4.96. The van der Waals surface area contributed by atoms with Crippen molar-refractivity contribution in [3.8, 4) is 0 Å². The van der Waals surface area contributed by atoms with Crippen LogP contribution in [0.1, 0.15) is 13.8 Å². The van der Waals surface area contributed by atoms with Gasteiger partial charge in [0, 0.05) is 26.2 Å². The number of hydrogen-bond donors (Lipinski definition) is 1. The number of halogens is 1. The molecule has 0 bridgehead atoms. The summed E-state index contributed by atoms with van der Waals surface area (Å²) >= 11 is 6.25. The van der Waals surface area contributed by atoms with Crippen LogP contribution in [-0.2, 0) is 4.79 Å². The first-order chi connectivity index (χ1) is 11.5. The highest BCUT2D eigenvalue weighted by molar-refractivity contribution is 6.33. The van der Waals surface area contributed by atoms with Gasteiger partial charge >= 0.3 is 6.03 Å². The number of hydrogen-bond acceptors (Lipinski definition) is 4. The first-order valence-electron chi connectivity index (χ1n) is 8.31. The molecule has 1 aromatic carbocycles. The number of nitrogens with zero attached hydrogens (tertiary/aromatic N) is 3. The predicted octanol–water partition coefficient (Wildman–Crippen LogP) is 2.00. The number of urea groups is 1. The first kappa shape index (κ1) is 17.0. The number of nitrogens with one attached hydrogen (secondary N) is 1. The third-order valence-corrected chi connectivity index (χ3v) is 4.95. The molecule has 1 aromatic rings. The summed E-state index contributed by atoms with van der Waals surface area (Å²) in [5.41, 5.74) is 1.04. The second-order valence-electron chi connectivity index (χ2n) is 6.64. The Morgan fingerprint density at radius 3 is 2.42 bits per heavy atom. The molecule has 7 heteroatoms. The maximum absolute atomic E-state index is 12.3. The van der Waals surface area contributed by atoms with E-state index in [0.717, 1.165) is 36.9 Å². The Bertz CT molecular complexity index is 629. The molecule has 2 aliphatic rings. The number of piperazine rings is 1. The summed E-state index contributed by atoms with van der Waals surface area (Å²) in [4.78, 5) is 30.1. The second-order valence-corrected chi connectivity index (χ2v) is 7.04. The molecule has 0 radical (unpaired) electrons. The van der Waals surface area contributed by atoms with Crippen LogP contribution in [0.2, 0.25) is 5.02 Å². The summed E-state index contributed by atoms with van der Waals surface area (Å²) < 4.78 is 0. The van der Waals surface area contributed by atoms with Gasteiger partial charge in [-0.15, -0.1) is 0 Å². The molecule has 3 amide bonds. The van der Waals surface area contributed by atoms with Crippen LogP contribution in [0.4, 0.5) is 10.5 Å². The van der Waals surface area contributed by atoms with Gasteiger partial charge in [0.2, 0.25) is 0 Å². The summed E-state index contributed by atoms with van der Waals surface area (Å²) in [5, 5.41) is 3.52. The lowest BCUT2D eigenvalue weighted by atomic mass is 10.1. The van der Waals surface area contributed by atoms with Crippen molar-refractivity contribution in [2.24, 2.45) is 5.92 Å². The van der Waals surface area contributed by atoms with Gasteiger partial charge in [-0.25, -0.2) is 9.69 Å². The quantitative estimate of drug-likeness (QED) is 0.844. The zero-order valence-corrected chi connectivity index (χ0v) is 14.8. The number of anilines is 1. The number of imide groups is 1. The average Bonchev–Trinajstić information content (AvgIpc) is 2.84. The summed E-state index contributed by atoms with van der Waals surface area (Å²) in [6, 6.07) is 7.12. The van der Waals surface area contributed by atoms with Gasteiger partial charge in [0.05, 0.1) is 17.4 Å². The molecule has 6 nitrogen and oxygen atoms in total. The number of para-hydroxylation sites is 1. The average molecular weight is 351 g/mol.